The van der Waals surface area contributed by atoms with Gasteiger partial charge in [0.2, 0.25) is 0 Å². The quantitative estimate of drug-likeness (QED) is 0.482. The topological polar surface area (TPSA) is 113 Å². The fourth-order valence-corrected chi connectivity index (χ4v) is 2.27. The first kappa shape index (κ1) is 16.7. The van der Waals surface area contributed by atoms with Crippen LogP contribution < -0.4 is 0 Å². The molecule has 0 aromatic heterocycles. The number of hydrogen-bond acceptors (Lipinski definition) is 4. The molecule has 0 unspecified atom stereocenters. The highest BCUT2D eigenvalue weighted by Crippen LogP contribution is 2.33. The van der Waals surface area contributed by atoms with E-state index in [9.17, 15) is 14.8 Å². The van der Waals surface area contributed by atoms with Gasteiger partial charge in [-0.25, -0.2) is 9.59 Å². The van der Waals surface area contributed by atoms with Gasteiger partial charge in [-0.1, -0.05) is 35.3 Å². The number of carboxylic acids is 2. The Morgan fingerprint density at radius 1 is 0.957 bits per heavy atom. The van der Waals surface area contributed by atoms with Crippen LogP contribution in [0.2, 0.25) is 10.0 Å². The van der Waals surface area contributed by atoms with E-state index in [1.165, 1.54) is 36.4 Å². The van der Waals surface area contributed by atoms with Crippen LogP contribution in [0.4, 0.5) is 11.4 Å². The van der Waals surface area contributed by atoms with Gasteiger partial charge in [0.25, 0.3) is 5.69 Å². The summed E-state index contributed by atoms with van der Waals surface area (Å²) in [5, 5.41) is 33.8. The van der Waals surface area contributed by atoms with Crippen LogP contribution in [0, 0.1) is 5.21 Å². The summed E-state index contributed by atoms with van der Waals surface area (Å²) >= 11 is 11.7. The smallest absolute Gasteiger partial charge is 0.342 e. The van der Waals surface area contributed by atoms with E-state index in [1.807, 2.05) is 0 Å². The molecule has 0 aliphatic heterocycles. The van der Waals surface area contributed by atoms with Crippen molar-refractivity contribution in [3.63, 3.8) is 0 Å². The second-order valence-corrected chi connectivity index (χ2v) is 5.07. The average Bonchev–Trinajstić information content (AvgIpc) is 2.48. The molecule has 0 amide bonds. The van der Waals surface area contributed by atoms with E-state index >= 15 is 0 Å². The lowest BCUT2D eigenvalue weighted by Crippen LogP contribution is -2.04. The third kappa shape index (κ3) is 3.41. The van der Waals surface area contributed by atoms with E-state index in [2.05, 4.69) is 5.11 Å². The Morgan fingerprint density at radius 3 is 2.04 bits per heavy atom. The average molecular weight is 355 g/mol. The number of nitrogens with zero attached hydrogens (tertiary/aromatic N) is 2. The minimum absolute atomic E-state index is 0.0561. The van der Waals surface area contributed by atoms with Gasteiger partial charge in [-0.3, -0.25) is 0 Å². The highest BCUT2D eigenvalue weighted by molar-refractivity contribution is 6.34. The first-order valence-corrected chi connectivity index (χ1v) is 6.81. The lowest BCUT2D eigenvalue weighted by atomic mass is 10.2. The molecular formula is C14H8Cl2N2O5. The van der Waals surface area contributed by atoms with Crippen molar-refractivity contribution in [2.75, 3.05) is 0 Å². The molecule has 0 saturated heterocycles. The van der Waals surface area contributed by atoms with E-state index in [-0.39, 0.29) is 31.7 Å². The van der Waals surface area contributed by atoms with Gasteiger partial charge in [0.05, 0.1) is 10.6 Å². The van der Waals surface area contributed by atoms with E-state index in [1.54, 1.807) is 0 Å². The summed E-state index contributed by atoms with van der Waals surface area (Å²) in [6.07, 6.45) is 0. The molecular weight excluding hydrogens is 347 g/mol. The third-order valence-electron chi connectivity index (χ3n) is 2.82. The maximum atomic E-state index is 12.2. The van der Waals surface area contributed by atoms with E-state index in [0.717, 1.165) is 0 Å². The van der Waals surface area contributed by atoms with Crippen LogP contribution in [0.25, 0.3) is 0 Å². The summed E-state index contributed by atoms with van der Waals surface area (Å²) in [7, 11) is 0. The first-order valence-electron chi connectivity index (χ1n) is 6.05. The van der Waals surface area contributed by atoms with Crippen molar-refractivity contribution < 1.29 is 24.7 Å². The third-order valence-corrected chi connectivity index (χ3v) is 3.43. The van der Waals surface area contributed by atoms with Crippen molar-refractivity contribution >= 4 is 46.5 Å². The number of carbonyl (C=O) groups is 2. The predicted molar refractivity (Wildman–Crippen MR) is 82.2 cm³/mol. The van der Waals surface area contributed by atoms with Gasteiger partial charge in [0.1, 0.15) is 10.6 Å². The number of aromatic carboxylic acids is 2. The Kier molecular flexibility index (Phi) is 4.83. The maximum absolute atomic E-state index is 12.2. The highest BCUT2D eigenvalue weighted by atomic mass is 35.5. The molecule has 0 bridgehead atoms. The second-order valence-electron chi connectivity index (χ2n) is 4.26. The molecule has 118 valence electrons. The lowest BCUT2D eigenvalue weighted by molar-refractivity contribution is -0.435. The summed E-state index contributed by atoms with van der Waals surface area (Å²) < 4.78 is 0. The number of benzene rings is 2. The summed E-state index contributed by atoms with van der Waals surface area (Å²) in [5.41, 5.74) is -1.40. The zero-order chi connectivity index (χ0) is 17.1. The molecule has 0 aliphatic rings. The molecule has 9 heteroatoms. The number of para-hydroxylation sites is 1. The van der Waals surface area contributed by atoms with Gasteiger partial charge in [0.15, 0.2) is 5.69 Å². The summed E-state index contributed by atoms with van der Waals surface area (Å²) in [4.78, 5) is 22.3. The SMILES string of the molecule is O=C(O)c1cccc(Cl)c1N=[N+]([O-])c1c(Cl)cccc1C(=O)O. The largest absolute Gasteiger partial charge is 0.594 e. The number of carboxylic acid groups (broad SMARTS) is 2. The van der Waals surface area contributed by atoms with E-state index in [0.29, 0.717) is 0 Å². The second kappa shape index (κ2) is 6.64. The predicted octanol–water partition coefficient (Wildman–Crippen LogP) is 4.32. The van der Waals surface area contributed by atoms with Crippen LogP contribution in [0.5, 0.6) is 0 Å². The van der Waals surface area contributed by atoms with Crippen molar-refractivity contribution in [3.05, 3.63) is 62.8 Å². The Balaban J connectivity index is 2.68. The molecule has 0 heterocycles. The van der Waals surface area contributed by atoms with E-state index < -0.39 is 17.6 Å². The molecule has 0 aliphatic carbocycles. The minimum Gasteiger partial charge on any atom is -0.594 e. The zero-order valence-corrected chi connectivity index (χ0v) is 12.7. The molecule has 23 heavy (non-hydrogen) atoms. The fraction of sp³-hybridized carbons (Fsp3) is 0. The van der Waals surface area contributed by atoms with Gasteiger partial charge in [-0.05, 0) is 29.1 Å². The normalized spacial score (nSPS) is 11.3. The van der Waals surface area contributed by atoms with Gasteiger partial charge in [-0.2, -0.15) is 0 Å². The first-order chi connectivity index (χ1) is 10.8. The number of rotatable bonds is 4. The highest BCUT2D eigenvalue weighted by Gasteiger charge is 2.23. The summed E-state index contributed by atoms with van der Waals surface area (Å²) in [6.45, 7) is 0. The minimum atomic E-state index is -1.38. The molecule has 0 radical (unpaired) electrons. The van der Waals surface area contributed by atoms with Crippen molar-refractivity contribution in [1.82, 2.24) is 0 Å². The van der Waals surface area contributed by atoms with E-state index in [4.69, 9.17) is 33.4 Å². The standard InChI is InChI=1S/C14H8Cl2N2O5/c15-9-5-1-3-7(13(19)20)11(9)17-18(23)12-8(14(21)22)4-2-6-10(12)16/h1-6H,(H,19,20)(H,21,22). The van der Waals surface area contributed by atoms with Gasteiger partial charge in [-0.15, -0.1) is 0 Å². The van der Waals surface area contributed by atoms with Crippen molar-refractivity contribution in [2.24, 2.45) is 5.11 Å². The van der Waals surface area contributed by atoms with Gasteiger partial charge >= 0.3 is 11.9 Å². The van der Waals surface area contributed by atoms with Gasteiger partial charge < -0.3 is 15.4 Å². The van der Waals surface area contributed by atoms with Crippen molar-refractivity contribution in [1.29, 1.82) is 0 Å². The number of hydrogen-bond donors (Lipinski definition) is 2. The Hall–Kier alpha value is -2.64. The van der Waals surface area contributed by atoms with Crippen LogP contribution in [0.3, 0.4) is 0 Å². The summed E-state index contributed by atoms with van der Waals surface area (Å²) in [5.74, 6) is -2.71. The Labute approximate surface area is 139 Å². The monoisotopic (exact) mass is 354 g/mol. The van der Waals surface area contributed by atoms with Crippen LogP contribution in [0.15, 0.2) is 41.5 Å². The zero-order valence-electron chi connectivity index (χ0n) is 11.2. The lowest BCUT2D eigenvalue weighted by Gasteiger charge is -2.06. The maximum Gasteiger partial charge on any atom is 0.342 e. The molecule has 0 fully saturated rings. The molecule has 2 aromatic rings. The van der Waals surface area contributed by atoms with Crippen molar-refractivity contribution in [3.8, 4) is 0 Å². The molecule has 2 N–H and O–H groups in total. The number of halogens is 2. The Bertz CT molecular complexity index is 836. The van der Waals surface area contributed by atoms with Crippen LogP contribution in [-0.4, -0.2) is 27.0 Å². The molecule has 0 spiro atoms. The molecule has 2 rings (SSSR count). The van der Waals surface area contributed by atoms with Crippen molar-refractivity contribution in [2.45, 2.75) is 0 Å². The Morgan fingerprint density at radius 2 is 1.48 bits per heavy atom. The van der Waals surface area contributed by atoms with Gasteiger partial charge in [0, 0.05) is 5.11 Å². The van der Waals surface area contributed by atoms with Crippen LogP contribution in [0.1, 0.15) is 20.7 Å². The molecule has 2 aromatic carbocycles. The number of azo groups is 1. The molecule has 7 nitrogen and oxygen atoms in total. The van der Waals surface area contributed by atoms with Crippen LogP contribution in [-0.2, 0) is 0 Å². The summed E-state index contributed by atoms with van der Waals surface area (Å²) in [6, 6.07) is 7.81. The molecule has 0 saturated carbocycles. The van der Waals surface area contributed by atoms with Crippen LogP contribution >= 0.6 is 23.2 Å². The fourth-order valence-electron chi connectivity index (χ4n) is 1.81. The molecule has 0 atom stereocenters.